The lowest BCUT2D eigenvalue weighted by molar-refractivity contribution is -0.147. The lowest BCUT2D eigenvalue weighted by atomic mass is 9.86. The molecule has 1 rings (SSSR count). The largest absolute Gasteiger partial charge is 0.481 e. The molecule has 5 heteroatoms. The lowest BCUT2D eigenvalue weighted by Gasteiger charge is -2.21. The molecule has 3 N–H and O–H groups in total. The van der Waals surface area contributed by atoms with Crippen molar-refractivity contribution in [2.45, 2.75) is 20.3 Å². The van der Waals surface area contributed by atoms with Gasteiger partial charge in [-0.2, -0.15) is 0 Å². The maximum absolute atomic E-state index is 11.0. The summed E-state index contributed by atoms with van der Waals surface area (Å²) >= 11 is 1.52. The van der Waals surface area contributed by atoms with Crippen LogP contribution in [0.4, 0.5) is 0 Å². The van der Waals surface area contributed by atoms with Gasteiger partial charge in [-0.15, -0.1) is 11.3 Å². The number of aryl methyl sites for hydroxylation is 1. The minimum Gasteiger partial charge on any atom is -0.481 e. The van der Waals surface area contributed by atoms with Crippen LogP contribution in [0.1, 0.15) is 17.6 Å². The molecule has 1 unspecified atom stereocenters. The van der Waals surface area contributed by atoms with E-state index in [0.29, 0.717) is 6.42 Å². The van der Waals surface area contributed by atoms with E-state index in [1.165, 1.54) is 11.3 Å². The Labute approximate surface area is 86.8 Å². The highest BCUT2D eigenvalue weighted by molar-refractivity contribution is 7.09. The Kier molecular flexibility index (Phi) is 3.23. The number of hydrogen-bond donors (Lipinski definition) is 2. The summed E-state index contributed by atoms with van der Waals surface area (Å²) in [4.78, 5) is 15.2. The number of carboxylic acids is 1. The standard InChI is InChI=1S/C9H14N2O2S/c1-6-11-7(4-14-6)3-9(2,5-10)8(12)13/h4H,3,5,10H2,1-2H3,(H,12,13). The number of hydrogen-bond acceptors (Lipinski definition) is 4. The quantitative estimate of drug-likeness (QED) is 0.785. The van der Waals surface area contributed by atoms with E-state index >= 15 is 0 Å². The Morgan fingerprint density at radius 2 is 2.43 bits per heavy atom. The van der Waals surface area contributed by atoms with Crippen molar-refractivity contribution in [2.75, 3.05) is 6.54 Å². The normalized spacial score (nSPS) is 15.1. The molecule has 1 aromatic rings. The van der Waals surface area contributed by atoms with Crippen LogP contribution < -0.4 is 5.73 Å². The van der Waals surface area contributed by atoms with Gasteiger partial charge in [-0.3, -0.25) is 4.79 Å². The zero-order valence-electron chi connectivity index (χ0n) is 8.28. The average Bonchev–Trinajstić information content (AvgIpc) is 2.50. The molecule has 0 saturated heterocycles. The molecule has 0 spiro atoms. The van der Waals surface area contributed by atoms with E-state index < -0.39 is 11.4 Å². The molecule has 0 amide bonds. The summed E-state index contributed by atoms with van der Waals surface area (Å²) in [6, 6.07) is 0. The highest BCUT2D eigenvalue weighted by atomic mass is 32.1. The maximum Gasteiger partial charge on any atom is 0.311 e. The Balaban J connectivity index is 2.80. The van der Waals surface area contributed by atoms with Gasteiger partial charge >= 0.3 is 5.97 Å². The molecule has 0 aliphatic carbocycles. The first-order valence-corrected chi connectivity index (χ1v) is 5.20. The summed E-state index contributed by atoms with van der Waals surface area (Å²) in [5, 5.41) is 11.8. The van der Waals surface area contributed by atoms with Crippen molar-refractivity contribution in [1.29, 1.82) is 0 Å². The molecule has 0 saturated carbocycles. The van der Waals surface area contributed by atoms with Gasteiger partial charge in [0.2, 0.25) is 0 Å². The molecule has 0 aliphatic heterocycles. The van der Waals surface area contributed by atoms with Crippen LogP contribution in [-0.4, -0.2) is 22.6 Å². The van der Waals surface area contributed by atoms with Gasteiger partial charge < -0.3 is 10.8 Å². The molecular weight excluding hydrogens is 200 g/mol. The third kappa shape index (κ3) is 2.30. The van der Waals surface area contributed by atoms with Crippen LogP contribution in [0.5, 0.6) is 0 Å². The molecule has 0 aromatic carbocycles. The zero-order valence-corrected chi connectivity index (χ0v) is 9.10. The van der Waals surface area contributed by atoms with Crippen LogP contribution in [0.2, 0.25) is 0 Å². The van der Waals surface area contributed by atoms with Crippen molar-refractivity contribution < 1.29 is 9.90 Å². The molecule has 14 heavy (non-hydrogen) atoms. The van der Waals surface area contributed by atoms with Crippen molar-refractivity contribution in [3.8, 4) is 0 Å². The van der Waals surface area contributed by atoms with Crippen molar-refractivity contribution in [2.24, 2.45) is 11.1 Å². The number of nitrogens with two attached hydrogens (primary N) is 1. The van der Waals surface area contributed by atoms with E-state index in [2.05, 4.69) is 4.98 Å². The van der Waals surface area contributed by atoms with E-state index in [0.717, 1.165) is 10.7 Å². The van der Waals surface area contributed by atoms with E-state index in [9.17, 15) is 4.79 Å². The van der Waals surface area contributed by atoms with Crippen LogP contribution >= 0.6 is 11.3 Å². The third-order valence-corrected chi connectivity index (χ3v) is 3.03. The molecule has 4 nitrogen and oxygen atoms in total. The topological polar surface area (TPSA) is 76.2 Å². The van der Waals surface area contributed by atoms with Gasteiger partial charge in [0.05, 0.1) is 16.1 Å². The Bertz CT molecular complexity index is 337. The molecule has 0 radical (unpaired) electrons. The number of nitrogens with zero attached hydrogens (tertiary/aromatic N) is 1. The highest BCUT2D eigenvalue weighted by Crippen LogP contribution is 2.22. The van der Waals surface area contributed by atoms with Gasteiger partial charge in [0.25, 0.3) is 0 Å². The molecular formula is C9H14N2O2S. The van der Waals surface area contributed by atoms with Gasteiger partial charge in [0.1, 0.15) is 0 Å². The fourth-order valence-corrected chi connectivity index (χ4v) is 1.74. The van der Waals surface area contributed by atoms with Crippen molar-refractivity contribution in [3.63, 3.8) is 0 Å². The first-order chi connectivity index (χ1) is 6.48. The number of aromatic nitrogens is 1. The van der Waals surface area contributed by atoms with Gasteiger partial charge in [0.15, 0.2) is 0 Å². The fraction of sp³-hybridized carbons (Fsp3) is 0.556. The van der Waals surface area contributed by atoms with Gasteiger partial charge in [0, 0.05) is 18.3 Å². The fourth-order valence-electron chi connectivity index (χ4n) is 1.12. The second-order valence-electron chi connectivity index (χ2n) is 3.60. The lowest BCUT2D eigenvalue weighted by Crippen LogP contribution is -2.37. The molecule has 78 valence electrons. The highest BCUT2D eigenvalue weighted by Gasteiger charge is 2.32. The summed E-state index contributed by atoms with van der Waals surface area (Å²) in [5.74, 6) is -0.870. The van der Waals surface area contributed by atoms with Crippen molar-refractivity contribution in [1.82, 2.24) is 4.98 Å². The first kappa shape index (κ1) is 11.1. The molecule has 0 aliphatic rings. The summed E-state index contributed by atoms with van der Waals surface area (Å²) in [5.41, 5.74) is 5.36. The van der Waals surface area contributed by atoms with Crippen LogP contribution in [0.15, 0.2) is 5.38 Å². The van der Waals surface area contributed by atoms with E-state index in [-0.39, 0.29) is 6.54 Å². The zero-order chi connectivity index (χ0) is 10.8. The van der Waals surface area contributed by atoms with Gasteiger partial charge in [-0.25, -0.2) is 4.98 Å². The van der Waals surface area contributed by atoms with Gasteiger partial charge in [-0.1, -0.05) is 0 Å². The summed E-state index contributed by atoms with van der Waals surface area (Å²) in [6.07, 6.45) is 0.392. The Hall–Kier alpha value is -0.940. The first-order valence-electron chi connectivity index (χ1n) is 4.32. The second kappa shape index (κ2) is 4.06. The monoisotopic (exact) mass is 214 g/mol. The van der Waals surface area contributed by atoms with E-state index in [4.69, 9.17) is 10.8 Å². The molecule has 1 aromatic heterocycles. The smallest absolute Gasteiger partial charge is 0.311 e. The Morgan fingerprint density at radius 1 is 1.79 bits per heavy atom. The number of thiazole rings is 1. The summed E-state index contributed by atoms with van der Waals surface area (Å²) < 4.78 is 0. The number of carboxylic acid groups (broad SMARTS) is 1. The van der Waals surface area contributed by atoms with Crippen LogP contribution in [0.3, 0.4) is 0 Å². The molecule has 0 bridgehead atoms. The van der Waals surface area contributed by atoms with E-state index in [1.807, 2.05) is 12.3 Å². The Morgan fingerprint density at radius 3 is 2.79 bits per heavy atom. The summed E-state index contributed by atoms with van der Waals surface area (Å²) in [7, 11) is 0. The van der Waals surface area contributed by atoms with Crippen molar-refractivity contribution in [3.05, 3.63) is 16.1 Å². The second-order valence-corrected chi connectivity index (χ2v) is 4.67. The molecule has 1 atom stereocenters. The predicted octanol–water partition coefficient (Wildman–Crippen LogP) is 1.04. The number of aliphatic carboxylic acids is 1. The number of rotatable bonds is 4. The van der Waals surface area contributed by atoms with E-state index in [1.54, 1.807) is 6.92 Å². The van der Waals surface area contributed by atoms with Crippen molar-refractivity contribution >= 4 is 17.3 Å². The minimum absolute atomic E-state index is 0.124. The average molecular weight is 214 g/mol. The SMILES string of the molecule is Cc1nc(CC(C)(CN)C(=O)O)cs1. The summed E-state index contributed by atoms with van der Waals surface area (Å²) in [6.45, 7) is 3.66. The third-order valence-electron chi connectivity index (χ3n) is 2.20. The molecule has 0 fully saturated rings. The minimum atomic E-state index is -0.902. The van der Waals surface area contributed by atoms with Crippen LogP contribution in [0.25, 0.3) is 0 Å². The van der Waals surface area contributed by atoms with Crippen LogP contribution in [0, 0.1) is 12.3 Å². The maximum atomic E-state index is 11.0. The predicted molar refractivity (Wildman–Crippen MR) is 55.4 cm³/mol. The van der Waals surface area contributed by atoms with Crippen LogP contribution in [-0.2, 0) is 11.2 Å². The molecule has 1 heterocycles. The number of carbonyl (C=O) groups is 1. The van der Waals surface area contributed by atoms with Gasteiger partial charge in [-0.05, 0) is 13.8 Å².